The van der Waals surface area contributed by atoms with Gasteiger partial charge in [-0.1, -0.05) is 119 Å². The number of aryl methyl sites for hydroxylation is 13. The van der Waals surface area contributed by atoms with Crippen molar-refractivity contribution in [2.75, 3.05) is 0 Å². The molecule has 6 nitrogen and oxygen atoms in total. The maximum atomic E-state index is 5.47. The molecular weight excluding hydrogens is 1010 g/mol. The highest BCUT2D eigenvalue weighted by Crippen LogP contribution is 2.31. The van der Waals surface area contributed by atoms with Gasteiger partial charge < -0.3 is 26.5 Å². The summed E-state index contributed by atoms with van der Waals surface area (Å²) in [5.74, 6) is 0. The van der Waals surface area contributed by atoms with Crippen LogP contribution < -0.4 is 0 Å². The molecule has 0 radical (unpaired) electrons. The molecule has 0 amide bonds. The van der Waals surface area contributed by atoms with Crippen molar-refractivity contribution < 1.29 is 26.5 Å². The van der Waals surface area contributed by atoms with Crippen LogP contribution >= 0.6 is 0 Å². The standard InChI is InChI=1S/C12H14O.2C11H12O.3C10H10O.6C2H6/c1-7-8(2)10(4)12-11(9(7)3)5-6-13-12;1-7-6-10-4-5-12-11(10)9(3)8(7)2;1-7-6-8(2)11-10(9(7)3)4-5-12-11;1-7-5-8(2)9-3-4-11-10(9)6-7;1-7-3-4-9-5-6-11-10(9)8(7)2;1-7-3-4-8(2)10-9(7)5-6-11-10;6*1-2/h5-6H,1-4H3;2*4-6H,1-3H3;3*3-6H,1-2H3;6*1-2H3. The fourth-order valence-corrected chi connectivity index (χ4v) is 9.04. The first-order chi connectivity index (χ1) is 39.4. The Morgan fingerprint density at radius 3 is 1.18 bits per heavy atom. The number of furan rings is 6. The average Bonchev–Trinajstić information content (AvgIpc) is 4.51. The van der Waals surface area contributed by atoms with Crippen molar-refractivity contribution in [1.29, 1.82) is 0 Å². The van der Waals surface area contributed by atoms with Crippen LogP contribution in [0.1, 0.15) is 172 Å². The zero-order chi connectivity index (χ0) is 62.6. The summed E-state index contributed by atoms with van der Waals surface area (Å²) in [6, 6.07) is 29.1. The van der Waals surface area contributed by atoms with E-state index >= 15 is 0 Å². The SMILES string of the molecule is CC.CC.CC.CC.CC.CC.Cc1c(C)c(C)c2occc2c1C.Cc1cc(C)c2ccoc2c1.Cc1cc(C)c2occc2c1C.Cc1cc2ccoc2c(C)c1C.Cc1ccc(C)c2occc12.Cc1ccc2ccoc2c1C. The molecule has 0 saturated heterocycles. The smallest absolute Gasteiger partial charge is 0.137 e. The van der Waals surface area contributed by atoms with Crippen molar-refractivity contribution in [2.45, 2.75) is 194 Å². The van der Waals surface area contributed by atoms with Gasteiger partial charge in [-0.05, 0) is 248 Å². The van der Waals surface area contributed by atoms with Gasteiger partial charge in [0, 0.05) is 32.3 Å². The van der Waals surface area contributed by atoms with E-state index in [1.807, 2.05) is 119 Å². The van der Waals surface area contributed by atoms with Gasteiger partial charge in [0.05, 0.1) is 37.6 Å². The maximum absolute atomic E-state index is 5.47. The number of hydrogen-bond acceptors (Lipinski definition) is 6. The van der Waals surface area contributed by atoms with Crippen LogP contribution in [0.2, 0.25) is 0 Å². The summed E-state index contributed by atoms with van der Waals surface area (Å²) in [5, 5.41) is 7.33. The molecule has 0 unspecified atom stereocenters. The summed E-state index contributed by atoms with van der Waals surface area (Å²) in [7, 11) is 0. The fourth-order valence-electron chi connectivity index (χ4n) is 9.04. The van der Waals surface area contributed by atoms with Crippen LogP contribution in [0.3, 0.4) is 0 Å². The van der Waals surface area contributed by atoms with Crippen LogP contribution in [-0.2, 0) is 0 Å². The van der Waals surface area contributed by atoms with Gasteiger partial charge in [-0.15, -0.1) is 0 Å². The summed E-state index contributed by atoms with van der Waals surface area (Å²) in [5.41, 5.74) is 26.8. The molecule has 0 atom stereocenters. The highest BCUT2D eigenvalue weighted by atomic mass is 16.3. The van der Waals surface area contributed by atoms with Gasteiger partial charge >= 0.3 is 0 Å². The molecule has 0 spiro atoms. The third-order valence-electron chi connectivity index (χ3n) is 14.2. The summed E-state index contributed by atoms with van der Waals surface area (Å²) in [6.07, 6.45) is 10.5. The van der Waals surface area contributed by atoms with E-state index in [-0.39, 0.29) is 0 Å². The van der Waals surface area contributed by atoms with Gasteiger partial charge in [-0.2, -0.15) is 0 Å². The largest absolute Gasteiger partial charge is 0.464 e. The lowest BCUT2D eigenvalue weighted by molar-refractivity contribution is 0.612. The minimum atomic E-state index is 0.988. The quantitative estimate of drug-likeness (QED) is 0.151. The first-order valence-corrected chi connectivity index (χ1v) is 30.0. The Balaban J connectivity index is 0.000000474. The molecule has 0 bridgehead atoms. The number of benzene rings is 6. The highest BCUT2D eigenvalue weighted by molar-refractivity contribution is 5.87. The van der Waals surface area contributed by atoms with E-state index in [0.29, 0.717) is 0 Å². The summed E-state index contributed by atoms with van der Waals surface area (Å²) in [6.45, 7) is 57.8. The monoisotopic (exact) mass is 1110 g/mol. The second kappa shape index (κ2) is 36.8. The molecule has 444 valence electrons. The molecule has 0 aliphatic carbocycles. The molecule has 6 heterocycles. The van der Waals surface area contributed by atoms with Crippen LogP contribution in [0.4, 0.5) is 0 Å². The van der Waals surface area contributed by atoms with E-state index in [1.54, 1.807) is 37.6 Å². The molecule has 0 aliphatic rings. The molecule has 0 aliphatic heterocycles. The second-order valence-corrected chi connectivity index (χ2v) is 18.9. The van der Waals surface area contributed by atoms with Gasteiger partial charge in [0.25, 0.3) is 0 Å². The van der Waals surface area contributed by atoms with Crippen molar-refractivity contribution >= 4 is 65.8 Å². The van der Waals surface area contributed by atoms with Gasteiger partial charge in [0.1, 0.15) is 33.5 Å². The van der Waals surface area contributed by atoms with Gasteiger partial charge in [-0.3, -0.25) is 0 Å². The second-order valence-electron chi connectivity index (χ2n) is 18.9. The van der Waals surface area contributed by atoms with Crippen molar-refractivity contribution in [2.24, 2.45) is 0 Å². The summed E-state index contributed by atoms with van der Waals surface area (Å²) < 4.78 is 32.2. The Kier molecular flexibility index (Phi) is 32.6. The molecule has 6 aromatic heterocycles. The third-order valence-corrected chi connectivity index (χ3v) is 14.2. The molecule has 12 rings (SSSR count). The normalized spacial score (nSPS) is 9.71. The van der Waals surface area contributed by atoms with Crippen LogP contribution in [0.15, 0.2) is 149 Å². The van der Waals surface area contributed by atoms with Gasteiger partial charge in [-0.25, -0.2) is 0 Å². The van der Waals surface area contributed by atoms with Gasteiger partial charge in [0.2, 0.25) is 0 Å². The zero-order valence-corrected chi connectivity index (χ0v) is 56.0. The third kappa shape index (κ3) is 18.3. The van der Waals surface area contributed by atoms with E-state index < -0.39 is 0 Å². The van der Waals surface area contributed by atoms with Crippen molar-refractivity contribution in [1.82, 2.24) is 0 Å². The molecular formula is C76H104O6. The predicted octanol–water partition coefficient (Wildman–Crippen LogP) is 25.7. The Morgan fingerprint density at radius 2 is 0.610 bits per heavy atom. The van der Waals surface area contributed by atoms with E-state index in [2.05, 4.69) is 159 Å². The molecule has 0 fully saturated rings. The van der Waals surface area contributed by atoms with E-state index in [0.717, 1.165) is 33.5 Å². The lowest BCUT2D eigenvalue weighted by Gasteiger charge is -2.09. The number of hydrogen-bond donors (Lipinski definition) is 0. The molecule has 6 aromatic carbocycles. The van der Waals surface area contributed by atoms with E-state index in [1.165, 1.54) is 121 Å². The lowest BCUT2D eigenvalue weighted by atomic mass is 9.96. The Hall–Kier alpha value is -7.44. The van der Waals surface area contributed by atoms with E-state index in [9.17, 15) is 0 Å². The fraction of sp³-hybridized carbons (Fsp3) is 0.368. The highest BCUT2D eigenvalue weighted by Gasteiger charge is 2.11. The molecule has 0 saturated carbocycles. The molecule has 12 aromatic rings. The van der Waals surface area contributed by atoms with Crippen molar-refractivity contribution in [3.63, 3.8) is 0 Å². The number of fused-ring (bicyclic) bond motifs is 6. The maximum Gasteiger partial charge on any atom is 0.137 e. The average molecular weight is 1110 g/mol. The minimum Gasteiger partial charge on any atom is -0.464 e. The van der Waals surface area contributed by atoms with E-state index in [4.69, 9.17) is 26.5 Å². The zero-order valence-electron chi connectivity index (χ0n) is 56.0. The topological polar surface area (TPSA) is 78.8 Å². The number of rotatable bonds is 0. The minimum absolute atomic E-state index is 0.988. The van der Waals surface area contributed by atoms with Crippen LogP contribution in [0.25, 0.3) is 65.8 Å². The van der Waals surface area contributed by atoms with Crippen molar-refractivity contribution in [3.05, 3.63) is 212 Å². The van der Waals surface area contributed by atoms with Gasteiger partial charge in [0.15, 0.2) is 0 Å². The van der Waals surface area contributed by atoms with Crippen molar-refractivity contribution in [3.8, 4) is 0 Å². The Labute approximate surface area is 495 Å². The molecule has 0 N–H and O–H groups in total. The van der Waals surface area contributed by atoms with Crippen LogP contribution in [0.5, 0.6) is 0 Å². The molecule has 6 heteroatoms. The summed E-state index contributed by atoms with van der Waals surface area (Å²) >= 11 is 0. The Morgan fingerprint density at radius 1 is 0.207 bits per heavy atom. The summed E-state index contributed by atoms with van der Waals surface area (Å²) in [4.78, 5) is 0. The first kappa shape index (κ1) is 72.6. The van der Waals surface area contributed by atoms with Crippen LogP contribution in [0, 0.1) is 111 Å². The first-order valence-electron chi connectivity index (χ1n) is 30.0. The van der Waals surface area contributed by atoms with Crippen LogP contribution in [-0.4, -0.2) is 0 Å². The molecule has 82 heavy (non-hydrogen) atoms. The predicted molar refractivity (Wildman–Crippen MR) is 361 cm³/mol. The lowest BCUT2D eigenvalue weighted by Crippen LogP contribution is -1.91. The Bertz CT molecular complexity index is 3660.